The Morgan fingerprint density at radius 1 is 1.61 bits per heavy atom. The lowest BCUT2D eigenvalue weighted by Gasteiger charge is -2.25. The molecule has 4 N–H and O–H groups in total. The van der Waals surface area contributed by atoms with Crippen LogP contribution in [0, 0.1) is 5.82 Å². The second kappa shape index (κ2) is 4.45. The minimum absolute atomic E-state index is 0.0848. The molecule has 1 atom stereocenters. The third-order valence-corrected chi connectivity index (χ3v) is 3.02. The van der Waals surface area contributed by atoms with Crippen molar-refractivity contribution in [1.82, 2.24) is 0 Å². The van der Waals surface area contributed by atoms with Crippen LogP contribution in [0.2, 0.25) is 0 Å². The first-order valence-electron chi connectivity index (χ1n) is 5.59. The molecule has 0 radical (unpaired) electrons. The summed E-state index contributed by atoms with van der Waals surface area (Å²) >= 11 is 0. The number of benzene rings is 1. The van der Waals surface area contributed by atoms with Crippen molar-refractivity contribution in [1.29, 1.82) is 0 Å². The van der Waals surface area contributed by atoms with Gasteiger partial charge in [0.05, 0.1) is 23.4 Å². The second-order valence-electron chi connectivity index (χ2n) is 4.71. The zero-order valence-electron chi connectivity index (χ0n) is 10.00. The molecule has 1 aliphatic heterocycles. The van der Waals surface area contributed by atoms with E-state index < -0.39 is 11.8 Å². The lowest BCUT2D eigenvalue weighted by Crippen LogP contribution is -2.35. The van der Waals surface area contributed by atoms with Crippen molar-refractivity contribution in [3.05, 3.63) is 23.5 Å². The van der Waals surface area contributed by atoms with E-state index in [9.17, 15) is 9.18 Å². The predicted molar refractivity (Wildman–Crippen MR) is 65.2 cm³/mol. The van der Waals surface area contributed by atoms with Gasteiger partial charge in [-0.05, 0) is 25.5 Å². The molecule has 2 rings (SSSR count). The summed E-state index contributed by atoms with van der Waals surface area (Å²) in [7, 11) is 0. The third kappa shape index (κ3) is 2.38. The molecule has 1 heterocycles. The lowest BCUT2D eigenvalue weighted by molar-refractivity contribution is 0.0698. The van der Waals surface area contributed by atoms with Gasteiger partial charge in [0.1, 0.15) is 5.82 Å². The van der Waals surface area contributed by atoms with Crippen LogP contribution >= 0.6 is 0 Å². The van der Waals surface area contributed by atoms with Gasteiger partial charge in [0.2, 0.25) is 0 Å². The first-order valence-corrected chi connectivity index (χ1v) is 5.59. The van der Waals surface area contributed by atoms with Crippen LogP contribution in [0.15, 0.2) is 12.1 Å². The van der Waals surface area contributed by atoms with Crippen molar-refractivity contribution in [3.8, 4) is 0 Å². The first kappa shape index (κ1) is 12.6. The van der Waals surface area contributed by atoms with Gasteiger partial charge in [0.25, 0.3) is 0 Å². The molecular weight excluding hydrogens is 239 g/mol. The van der Waals surface area contributed by atoms with Crippen LogP contribution in [0.3, 0.4) is 0 Å². The van der Waals surface area contributed by atoms with Crippen LogP contribution in [0.5, 0.6) is 0 Å². The Bertz CT molecular complexity index is 484. The Hall–Kier alpha value is -1.82. The summed E-state index contributed by atoms with van der Waals surface area (Å²) in [4.78, 5) is 10.9. The van der Waals surface area contributed by atoms with E-state index in [-0.39, 0.29) is 22.5 Å². The number of anilines is 2. The van der Waals surface area contributed by atoms with Crippen molar-refractivity contribution in [2.45, 2.75) is 18.9 Å². The van der Waals surface area contributed by atoms with E-state index in [4.69, 9.17) is 15.6 Å². The molecule has 1 aliphatic rings. The molecule has 1 unspecified atom stereocenters. The molecule has 0 amide bonds. The highest BCUT2D eigenvalue weighted by atomic mass is 19.1. The largest absolute Gasteiger partial charge is 0.478 e. The van der Waals surface area contributed by atoms with E-state index in [0.717, 1.165) is 12.5 Å². The molecule has 98 valence electrons. The van der Waals surface area contributed by atoms with Crippen molar-refractivity contribution in [2.75, 3.05) is 24.3 Å². The topological polar surface area (TPSA) is 84.6 Å². The minimum atomic E-state index is -1.18. The van der Waals surface area contributed by atoms with Gasteiger partial charge >= 0.3 is 5.97 Å². The quantitative estimate of drug-likeness (QED) is 0.715. The Kier molecular flexibility index (Phi) is 3.13. The summed E-state index contributed by atoms with van der Waals surface area (Å²) in [6, 6.07) is 2.24. The van der Waals surface area contributed by atoms with Crippen molar-refractivity contribution < 1.29 is 19.0 Å². The van der Waals surface area contributed by atoms with E-state index in [0.29, 0.717) is 13.2 Å². The van der Waals surface area contributed by atoms with Crippen LogP contribution in [0.4, 0.5) is 15.8 Å². The van der Waals surface area contributed by atoms with Crippen molar-refractivity contribution in [2.24, 2.45) is 0 Å². The number of hydrogen-bond acceptors (Lipinski definition) is 4. The molecule has 0 spiro atoms. The molecule has 0 bridgehead atoms. The first-order chi connectivity index (χ1) is 8.41. The number of ether oxygens (including phenoxy) is 1. The summed E-state index contributed by atoms with van der Waals surface area (Å²) in [5.41, 5.74) is 5.02. The highest BCUT2D eigenvalue weighted by Gasteiger charge is 2.30. The molecule has 1 fully saturated rings. The smallest absolute Gasteiger partial charge is 0.337 e. The molecule has 5 nitrogen and oxygen atoms in total. The normalized spacial score (nSPS) is 23.0. The van der Waals surface area contributed by atoms with Gasteiger partial charge in [-0.15, -0.1) is 0 Å². The number of nitrogens with two attached hydrogens (primary N) is 1. The Balaban J connectivity index is 2.32. The number of aromatic carboxylic acids is 1. The highest BCUT2D eigenvalue weighted by Crippen LogP contribution is 2.28. The number of rotatable bonds is 3. The summed E-state index contributed by atoms with van der Waals surface area (Å²) < 4.78 is 19.0. The Morgan fingerprint density at radius 2 is 2.33 bits per heavy atom. The van der Waals surface area contributed by atoms with E-state index in [1.165, 1.54) is 6.07 Å². The highest BCUT2D eigenvalue weighted by molar-refractivity contribution is 5.94. The maximum atomic E-state index is 13.7. The Morgan fingerprint density at radius 3 is 2.89 bits per heavy atom. The van der Waals surface area contributed by atoms with Gasteiger partial charge in [-0.25, -0.2) is 9.18 Å². The molecule has 0 aliphatic carbocycles. The third-order valence-electron chi connectivity index (χ3n) is 3.02. The van der Waals surface area contributed by atoms with Gasteiger partial charge in [0, 0.05) is 12.3 Å². The number of carboxylic acids is 1. The molecular formula is C12H15FN2O3. The maximum Gasteiger partial charge on any atom is 0.337 e. The van der Waals surface area contributed by atoms with Gasteiger partial charge in [-0.2, -0.15) is 0 Å². The van der Waals surface area contributed by atoms with Crippen LogP contribution in [-0.2, 0) is 4.74 Å². The van der Waals surface area contributed by atoms with E-state index in [1.54, 1.807) is 0 Å². The van der Waals surface area contributed by atoms with Crippen molar-refractivity contribution in [3.63, 3.8) is 0 Å². The predicted octanol–water partition coefficient (Wildman–Crippen LogP) is 1.70. The molecule has 1 saturated heterocycles. The minimum Gasteiger partial charge on any atom is -0.478 e. The van der Waals surface area contributed by atoms with E-state index >= 15 is 0 Å². The van der Waals surface area contributed by atoms with Crippen LogP contribution in [-0.4, -0.2) is 29.8 Å². The number of nitrogens with one attached hydrogen (secondary N) is 1. The summed E-state index contributed by atoms with van der Waals surface area (Å²) in [5.74, 6) is -1.74. The average molecular weight is 254 g/mol. The van der Waals surface area contributed by atoms with Gasteiger partial charge in [0.15, 0.2) is 0 Å². The molecule has 6 heteroatoms. The fraction of sp³-hybridized carbons (Fsp3) is 0.417. The van der Waals surface area contributed by atoms with Gasteiger partial charge in [-0.3, -0.25) is 0 Å². The molecule has 0 aromatic heterocycles. The zero-order chi connectivity index (χ0) is 13.3. The van der Waals surface area contributed by atoms with E-state index in [1.807, 2.05) is 6.92 Å². The number of halogens is 1. The SMILES string of the molecule is CC1(Nc2cc(C(=O)O)c(N)cc2F)CCOC1. The number of hydrogen-bond donors (Lipinski definition) is 3. The average Bonchev–Trinajstić information content (AvgIpc) is 2.69. The number of carbonyl (C=O) groups is 1. The molecule has 0 saturated carbocycles. The fourth-order valence-corrected chi connectivity index (χ4v) is 1.96. The number of carboxylic acid groups (broad SMARTS) is 1. The summed E-state index contributed by atoms with van der Waals surface area (Å²) in [6.07, 6.45) is 0.735. The summed E-state index contributed by atoms with van der Waals surface area (Å²) in [6.45, 7) is 2.96. The Labute approximate surface area is 104 Å². The fourth-order valence-electron chi connectivity index (χ4n) is 1.96. The zero-order valence-corrected chi connectivity index (χ0v) is 10.00. The van der Waals surface area contributed by atoms with Gasteiger partial charge in [-0.1, -0.05) is 0 Å². The molecule has 18 heavy (non-hydrogen) atoms. The maximum absolute atomic E-state index is 13.7. The number of nitrogen functional groups attached to an aromatic ring is 1. The van der Waals surface area contributed by atoms with Crippen LogP contribution in [0.1, 0.15) is 23.7 Å². The van der Waals surface area contributed by atoms with Gasteiger partial charge < -0.3 is 20.9 Å². The summed E-state index contributed by atoms with van der Waals surface area (Å²) in [5, 5.41) is 11.9. The van der Waals surface area contributed by atoms with E-state index in [2.05, 4.69) is 5.32 Å². The lowest BCUT2D eigenvalue weighted by atomic mass is 10.0. The van der Waals surface area contributed by atoms with Crippen molar-refractivity contribution >= 4 is 17.3 Å². The molecule has 1 aromatic carbocycles. The second-order valence-corrected chi connectivity index (χ2v) is 4.71. The van der Waals surface area contributed by atoms with Crippen LogP contribution < -0.4 is 11.1 Å². The van der Waals surface area contributed by atoms with Crippen LogP contribution in [0.25, 0.3) is 0 Å². The standard InChI is InChI=1S/C12H15FN2O3/c1-12(2-3-18-6-12)15-10-4-7(11(16)17)9(14)5-8(10)13/h4-5,15H,2-3,6,14H2,1H3,(H,16,17). The molecule has 1 aromatic rings. The monoisotopic (exact) mass is 254 g/mol.